The number of hydrogen-bond acceptors (Lipinski definition) is 4. The summed E-state index contributed by atoms with van der Waals surface area (Å²) in [6.07, 6.45) is 2.30. The van der Waals surface area contributed by atoms with Crippen molar-refractivity contribution in [2.24, 2.45) is 5.92 Å². The Hall–Kier alpha value is 0.320. The number of alkyl halides is 1. The van der Waals surface area contributed by atoms with E-state index in [2.05, 4.69) is 42.0 Å². The van der Waals surface area contributed by atoms with Gasteiger partial charge in [0.2, 0.25) is 0 Å². The topological polar surface area (TPSA) is 39.7 Å². The van der Waals surface area contributed by atoms with E-state index in [-0.39, 0.29) is 0 Å². The SMILES string of the molecule is CCCCOCCOCCOCCNC(CBr)C(C)C. The molecule has 20 heavy (non-hydrogen) atoms. The Morgan fingerprint density at radius 3 is 1.95 bits per heavy atom. The molecule has 122 valence electrons. The summed E-state index contributed by atoms with van der Waals surface area (Å²) in [4.78, 5) is 0. The molecule has 0 bridgehead atoms. The van der Waals surface area contributed by atoms with Crippen LogP contribution in [0, 0.1) is 5.92 Å². The molecule has 0 aromatic heterocycles. The predicted octanol–water partition coefficient (Wildman–Crippen LogP) is 2.85. The van der Waals surface area contributed by atoms with Crippen molar-refractivity contribution < 1.29 is 14.2 Å². The van der Waals surface area contributed by atoms with E-state index in [0.29, 0.717) is 38.4 Å². The quantitative estimate of drug-likeness (QED) is 0.363. The lowest BCUT2D eigenvalue weighted by atomic mass is 10.1. The molecule has 0 aromatic carbocycles. The van der Waals surface area contributed by atoms with Gasteiger partial charge in [0, 0.05) is 24.5 Å². The first-order valence-electron chi connectivity index (χ1n) is 7.74. The lowest BCUT2D eigenvalue weighted by Crippen LogP contribution is -2.37. The number of unbranched alkanes of at least 4 members (excludes halogenated alkanes) is 1. The Balaban J connectivity index is 3.13. The van der Waals surface area contributed by atoms with Gasteiger partial charge in [-0.3, -0.25) is 0 Å². The van der Waals surface area contributed by atoms with Gasteiger partial charge < -0.3 is 19.5 Å². The second kappa shape index (κ2) is 15.7. The van der Waals surface area contributed by atoms with Gasteiger partial charge in [0.05, 0.1) is 33.0 Å². The van der Waals surface area contributed by atoms with Crippen molar-refractivity contribution in [3.05, 3.63) is 0 Å². The second-order valence-electron chi connectivity index (χ2n) is 5.15. The summed E-state index contributed by atoms with van der Waals surface area (Å²) in [5.41, 5.74) is 0. The maximum Gasteiger partial charge on any atom is 0.0701 e. The average Bonchev–Trinajstić information content (AvgIpc) is 2.43. The minimum absolute atomic E-state index is 0.509. The van der Waals surface area contributed by atoms with Crippen LogP contribution >= 0.6 is 15.9 Å². The lowest BCUT2D eigenvalue weighted by Gasteiger charge is -2.19. The minimum Gasteiger partial charge on any atom is -0.379 e. The van der Waals surface area contributed by atoms with Gasteiger partial charge in [0.15, 0.2) is 0 Å². The van der Waals surface area contributed by atoms with E-state index < -0.39 is 0 Å². The molecule has 5 heteroatoms. The molecule has 0 heterocycles. The maximum atomic E-state index is 5.51. The van der Waals surface area contributed by atoms with Crippen LogP contribution in [0.2, 0.25) is 0 Å². The molecular weight excluding hydrogens is 322 g/mol. The van der Waals surface area contributed by atoms with Crippen molar-refractivity contribution in [3.8, 4) is 0 Å². The van der Waals surface area contributed by atoms with E-state index in [4.69, 9.17) is 14.2 Å². The van der Waals surface area contributed by atoms with Gasteiger partial charge in [-0.15, -0.1) is 0 Å². The highest BCUT2D eigenvalue weighted by Crippen LogP contribution is 2.03. The monoisotopic (exact) mass is 353 g/mol. The largest absolute Gasteiger partial charge is 0.379 e. The molecule has 0 aliphatic heterocycles. The van der Waals surface area contributed by atoms with E-state index in [1.54, 1.807) is 0 Å². The highest BCUT2D eigenvalue weighted by Gasteiger charge is 2.09. The average molecular weight is 354 g/mol. The fourth-order valence-electron chi connectivity index (χ4n) is 1.57. The van der Waals surface area contributed by atoms with Crippen LogP contribution in [0.25, 0.3) is 0 Å². The Morgan fingerprint density at radius 1 is 0.900 bits per heavy atom. The van der Waals surface area contributed by atoms with Crippen molar-refractivity contribution in [1.82, 2.24) is 5.32 Å². The molecule has 1 atom stereocenters. The molecule has 0 radical (unpaired) electrons. The van der Waals surface area contributed by atoms with Gasteiger partial charge in [-0.1, -0.05) is 43.1 Å². The predicted molar refractivity (Wildman–Crippen MR) is 87.8 cm³/mol. The number of hydrogen-bond donors (Lipinski definition) is 1. The third-order valence-electron chi connectivity index (χ3n) is 3.01. The molecule has 1 N–H and O–H groups in total. The van der Waals surface area contributed by atoms with Crippen molar-refractivity contribution in [1.29, 1.82) is 0 Å². The fraction of sp³-hybridized carbons (Fsp3) is 1.00. The fourth-order valence-corrected chi connectivity index (χ4v) is 2.55. The Bertz CT molecular complexity index is 194. The summed E-state index contributed by atoms with van der Waals surface area (Å²) >= 11 is 3.51. The molecular formula is C15H32BrNO3. The van der Waals surface area contributed by atoms with Crippen LogP contribution in [0.3, 0.4) is 0 Å². The van der Waals surface area contributed by atoms with Crippen molar-refractivity contribution in [3.63, 3.8) is 0 Å². The van der Waals surface area contributed by atoms with Crippen molar-refractivity contribution >= 4 is 15.9 Å². The summed E-state index contributed by atoms with van der Waals surface area (Å²) in [5.74, 6) is 0.630. The Kier molecular flexibility index (Phi) is 16.0. The van der Waals surface area contributed by atoms with Gasteiger partial charge in [0.25, 0.3) is 0 Å². The van der Waals surface area contributed by atoms with Crippen LogP contribution in [0.5, 0.6) is 0 Å². The van der Waals surface area contributed by atoms with Gasteiger partial charge in [-0.25, -0.2) is 0 Å². The third kappa shape index (κ3) is 13.3. The Morgan fingerprint density at radius 2 is 1.45 bits per heavy atom. The van der Waals surface area contributed by atoms with Crippen LogP contribution in [-0.2, 0) is 14.2 Å². The molecule has 0 rings (SSSR count). The molecule has 0 spiro atoms. The number of halogens is 1. The molecule has 1 unspecified atom stereocenters. The Labute approximate surface area is 133 Å². The van der Waals surface area contributed by atoms with Crippen LogP contribution in [0.4, 0.5) is 0 Å². The maximum absolute atomic E-state index is 5.51. The number of nitrogens with one attached hydrogen (secondary N) is 1. The van der Waals surface area contributed by atoms with E-state index >= 15 is 0 Å². The van der Waals surface area contributed by atoms with E-state index in [0.717, 1.165) is 31.5 Å². The van der Waals surface area contributed by atoms with Gasteiger partial charge >= 0.3 is 0 Å². The first-order chi connectivity index (χ1) is 9.72. The smallest absolute Gasteiger partial charge is 0.0701 e. The standard InChI is InChI=1S/C15H32BrNO3/c1-4-5-7-18-9-11-20-12-10-19-8-6-17-15(13-16)14(2)3/h14-15,17H,4-13H2,1-3H3. The van der Waals surface area contributed by atoms with E-state index in [9.17, 15) is 0 Å². The minimum atomic E-state index is 0.509. The molecule has 4 nitrogen and oxygen atoms in total. The molecule has 0 amide bonds. The molecule has 0 saturated heterocycles. The summed E-state index contributed by atoms with van der Waals surface area (Å²) < 4.78 is 16.3. The van der Waals surface area contributed by atoms with E-state index in [1.165, 1.54) is 6.42 Å². The van der Waals surface area contributed by atoms with Crippen molar-refractivity contribution in [2.45, 2.75) is 39.7 Å². The van der Waals surface area contributed by atoms with Crippen LogP contribution in [0.15, 0.2) is 0 Å². The highest BCUT2D eigenvalue weighted by molar-refractivity contribution is 9.09. The second-order valence-corrected chi connectivity index (χ2v) is 5.80. The summed E-state index contributed by atoms with van der Waals surface area (Å²) in [5, 5.41) is 4.44. The number of ether oxygens (including phenoxy) is 3. The van der Waals surface area contributed by atoms with E-state index in [1.807, 2.05) is 0 Å². The zero-order valence-corrected chi connectivity index (χ0v) is 14.9. The lowest BCUT2D eigenvalue weighted by molar-refractivity contribution is 0.0143. The molecule has 0 aromatic rings. The van der Waals surface area contributed by atoms with Gasteiger partial charge in [-0.2, -0.15) is 0 Å². The molecule has 0 fully saturated rings. The summed E-state index contributed by atoms with van der Waals surface area (Å²) in [7, 11) is 0. The first-order valence-corrected chi connectivity index (χ1v) is 8.87. The molecule has 0 saturated carbocycles. The summed E-state index contributed by atoms with van der Waals surface area (Å²) in [6.45, 7) is 11.7. The van der Waals surface area contributed by atoms with Gasteiger partial charge in [-0.05, 0) is 12.3 Å². The molecule has 0 aliphatic carbocycles. The zero-order valence-electron chi connectivity index (χ0n) is 13.3. The summed E-state index contributed by atoms with van der Waals surface area (Å²) in [6, 6.07) is 0.509. The van der Waals surface area contributed by atoms with Crippen LogP contribution < -0.4 is 5.32 Å². The van der Waals surface area contributed by atoms with Gasteiger partial charge in [0.1, 0.15) is 0 Å². The molecule has 0 aliphatic rings. The first kappa shape index (κ1) is 20.3. The highest BCUT2D eigenvalue weighted by atomic mass is 79.9. The zero-order chi connectivity index (χ0) is 15.1. The normalized spacial score (nSPS) is 13.1. The number of rotatable bonds is 15. The van der Waals surface area contributed by atoms with Crippen LogP contribution in [-0.4, -0.2) is 57.6 Å². The third-order valence-corrected chi connectivity index (χ3v) is 3.71. The van der Waals surface area contributed by atoms with Crippen molar-refractivity contribution in [2.75, 3.05) is 51.5 Å². The van der Waals surface area contributed by atoms with Crippen LogP contribution in [0.1, 0.15) is 33.6 Å².